The van der Waals surface area contributed by atoms with E-state index in [4.69, 9.17) is 4.98 Å². The molecule has 0 aliphatic carbocycles. The zero-order chi connectivity index (χ0) is 16.6. The van der Waals surface area contributed by atoms with Crippen molar-refractivity contribution < 1.29 is 4.79 Å². The Balaban J connectivity index is 2.07. The molecular weight excluding hydrogens is 356 g/mol. The normalized spacial score (nSPS) is 16.3. The van der Waals surface area contributed by atoms with E-state index in [1.165, 1.54) is 0 Å². The highest BCUT2D eigenvalue weighted by atomic mass is 79.9. The first kappa shape index (κ1) is 16.5. The van der Waals surface area contributed by atoms with Crippen molar-refractivity contribution >= 4 is 27.5 Å². The minimum absolute atomic E-state index is 0.103. The van der Waals surface area contributed by atoms with Gasteiger partial charge in [-0.3, -0.25) is 9.20 Å². The highest BCUT2D eigenvalue weighted by Crippen LogP contribution is 2.24. The number of carbonyl (C=O) groups is 1. The summed E-state index contributed by atoms with van der Waals surface area (Å²) < 4.78 is 2.90. The van der Waals surface area contributed by atoms with Crippen molar-refractivity contribution in [3.8, 4) is 0 Å². The summed E-state index contributed by atoms with van der Waals surface area (Å²) in [4.78, 5) is 22.1. The molecule has 3 rings (SSSR count). The Kier molecular flexibility index (Phi) is 4.73. The zero-order valence-corrected chi connectivity index (χ0v) is 15.6. The lowest BCUT2D eigenvalue weighted by Crippen LogP contribution is -2.47. The maximum atomic E-state index is 13.1. The quantitative estimate of drug-likeness (QED) is 0.824. The molecule has 0 saturated carbocycles. The van der Waals surface area contributed by atoms with Crippen molar-refractivity contribution in [2.45, 2.75) is 26.7 Å². The van der Waals surface area contributed by atoms with Gasteiger partial charge in [-0.1, -0.05) is 13.3 Å². The Hall–Kier alpha value is -1.40. The summed E-state index contributed by atoms with van der Waals surface area (Å²) >= 11 is 3.58. The number of fused-ring (bicyclic) bond motifs is 1. The average Bonchev–Trinajstić information content (AvgIpc) is 2.86. The minimum Gasteiger partial charge on any atom is -0.335 e. The Morgan fingerprint density at radius 3 is 2.65 bits per heavy atom. The van der Waals surface area contributed by atoms with Crippen LogP contribution in [0.5, 0.6) is 0 Å². The maximum absolute atomic E-state index is 13.1. The van der Waals surface area contributed by atoms with Crippen molar-refractivity contribution in [2.75, 3.05) is 33.2 Å². The first-order valence-electron chi connectivity index (χ1n) is 8.16. The molecule has 1 aliphatic rings. The van der Waals surface area contributed by atoms with E-state index in [0.717, 1.165) is 66.1 Å². The highest BCUT2D eigenvalue weighted by Gasteiger charge is 2.26. The van der Waals surface area contributed by atoms with Crippen LogP contribution in [-0.4, -0.2) is 58.3 Å². The van der Waals surface area contributed by atoms with Crippen molar-refractivity contribution in [3.63, 3.8) is 0 Å². The number of amides is 1. The van der Waals surface area contributed by atoms with Gasteiger partial charge in [-0.25, -0.2) is 4.98 Å². The molecule has 1 fully saturated rings. The molecule has 0 spiro atoms. The number of hydrogen-bond acceptors (Lipinski definition) is 3. The maximum Gasteiger partial charge on any atom is 0.272 e. The van der Waals surface area contributed by atoms with Crippen LogP contribution in [0.1, 0.15) is 35.1 Å². The molecule has 0 aromatic carbocycles. The summed E-state index contributed by atoms with van der Waals surface area (Å²) in [6, 6.07) is 2.04. The highest BCUT2D eigenvalue weighted by molar-refractivity contribution is 9.10. The lowest BCUT2D eigenvalue weighted by atomic mass is 10.2. The SMILES string of the molecule is CCCc1nc2c(Br)cc(C)cn2c1C(=O)N1CCN(C)CC1. The van der Waals surface area contributed by atoms with E-state index in [-0.39, 0.29) is 5.91 Å². The van der Waals surface area contributed by atoms with Crippen LogP contribution in [0.3, 0.4) is 0 Å². The summed E-state index contributed by atoms with van der Waals surface area (Å²) in [5, 5.41) is 0. The minimum atomic E-state index is 0.103. The van der Waals surface area contributed by atoms with Crippen LogP contribution >= 0.6 is 15.9 Å². The molecule has 3 heterocycles. The van der Waals surface area contributed by atoms with Crippen LogP contribution in [0, 0.1) is 6.92 Å². The molecule has 6 heteroatoms. The predicted octanol–water partition coefficient (Wildman–Crippen LogP) is 2.75. The molecule has 5 nitrogen and oxygen atoms in total. The van der Waals surface area contributed by atoms with E-state index in [9.17, 15) is 4.79 Å². The number of nitrogens with zero attached hydrogens (tertiary/aromatic N) is 4. The molecule has 1 aliphatic heterocycles. The molecule has 0 bridgehead atoms. The van der Waals surface area contributed by atoms with Gasteiger partial charge in [-0.05, 0) is 48.0 Å². The fraction of sp³-hybridized carbons (Fsp3) is 0.529. The lowest BCUT2D eigenvalue weighted by molar-refractivity contribution is 0.0656. The van der Waals surface area contributed by atoms with E-state index in [0.29, 0.717) is 0 Å². The first-order valence-corrected chi connectivity index (χ1v) is 8.95. The number of imidazole rings is 1. The smallest absolute Gasteiger partial charge is 0.272 e. The first-order chi connectivity index (χ1) is 11.0. The van der Waals surface area contributed by atoms with Gasteiger partial charge in [0.2, 0.25) is 0 Å². The van der Waals surface area contributed by atoms with Gasteiger partial charge in [0.15, 0.2) is 5.65 Å². The third-order valence-corrected chi connectivity index (χ3v) is 4.95. The Labute approximate surface area is 145 Å². The monoisotopic (exact) mass is 378 g/mol. The molecule has 1 saturated heterocycles. The molecule has 0 N–H and O–H groups in total. The summed E-state index contributed by atoms with van der Waals surface area (Å²) in [7, 11) is 2.10. The second-order valence-corrected chi connectivity index (χ2v) is 7.17. The second-order valence-electron chi connectivity index (χ2n) is 6.31. The number of pyridine rings is 1. The third-order valence-electron chi connectivity index (χ3n) is 4.36. The van der Waals surface area contributed by atoms with Gasteiger partial charge in [-0.15, -0.1) is 0 Å². The number of rotatable bonds is 3. The van der Waals surface area contributed by atoms with Gasteiger partial charge in [0.25, 0.3) is 5.91 Å². The zero-order valence-electron chi connectivity index (χ0n) is 14.0. The molecule has 2 aromatic rings. The summed E-state index contributed by atoms with van der Waals surface area (Å²) in [5.41, 5.74) is 3.58. The fourth-order valence-corrected chi connectivity index (χ4v) is 3.72. The number of piperazine rings is 1. The third kappa shape index (κ3) is 3.15. The molecule has 1 amide bonds. The number of hydrogen-bond donors (Lipinski definition) is 0. The van der Waals surface area contributed by atoms with Crippen molar-refractivity contribution in [1.82, 2.24) is 19.2 Å². The van der Waals surface area contributed by atoms with Gasteiger partial charge in [0.1, 0.15) is 5.69 Å². The van der Waals surface area contributed by atoms with E-state index in [1.807, 2.05) is 28.5 Å². The number of aromatic nitrogens is 2. The van der Waals surface area contributed by atoms with Crippen LogP contribution in [-0.2, 0) is 6.42 Å². The predicted molar refractivity (Wildman–Crippen MR) is 95.0 cm³/mol. The van der Waals surface area contributed by atoms with Gasteiger partial charge in [0, 0.05) is 32.4 Å². The molecule has 0 radical (unpaired) electrons. The van der Waals surface area contributed by atoms with Crippen molar-refractivity contribution in [2.24, 2.45) is 0 Å². The van der Waals surface area contributed by atoms with Gasteiger partial charge in [-0.2, -0.15) is 0 Å². The number of halogens is 1. The van der Waals surface area contributed by atoms with Crippen molar-refractivity contribution in [3.05, 3.63) is 33.7 Å². The van der Waals surface area contributed by atoms with E-state index < -0.39 is 0 Å². The molecule has 0 atom stereocenters. The fourth-order valence-electron chi connectivity index (χ4n) is 3.08. The van der Waals surface area contributed by atoms with Gasteiger partial charge in [0.05, 0.1) is 10.2 Å². The van der Waals surface area contributed by atoms with Crippen LogP contribution in [0.4, 0.5) is 0 Å². The second kappa shape index (κ2) is 6.61. The topological polar surface area (TPSA) is 40.9 Å². The van der Waals surface area contributed by atoms with Crippen LogP contribution < -0.4 is 0 Å². The number of aryl methyl sites for hydroxylation is 2. The Morgan fingerprint density at radius 2 is 2.00 bits per heavy atom. The summed E-state index contributed by atoms with van der Waals surface area (Å²) in [6.45, 7) is 7.56. The Bertz CT molecular complexity index is 732. The summed E-state index contributed by atoms with van der Waals surface area (Å²) in [6.07, 6.45) is 3.81. The molecule has 2 aromatic heterocycles. The van der Waals surface area contributed by atoms with E-state index >= 15 is 0 Å². The lowest BCUT2D eigenvalue weighted by Gasteiger charge is -2.32. The number of likely N-dealkylation sites (N-methyl/N-ethyl adjacent to an activating group) is 1. The van der Waals surface area contributed by atoms with E-state index in [1.54, 1.807) is 0 Å². The van der Waals surface area contributed by atoms with Crippen LogP contribution in [0.2, 0.25) is 0 Å². The number of carbonyl (C=O) groups excluding carboxylic acids is 1. The Morgan fingerprint density at radius 1 is 1.30 bits per heavy atom. The van der Waals surface area contributed by atoms with Crippen molar-refractivity contribution in [1.29, 1.82) is 0 Å². The van der Waals surface area contributed by atoms with Gasteiger partial charge >= 0.3 is 0 Å². The standard InChI is InChI=1S/C17H23BrN4O/c1-4-5-14-15(17(23)21-8-6-20(3)7-9-21)22-11-12(2)10-13(18)16(22)19-14/h10-11H,4-9H2,1-3H3. The average molecular weight is 379 g/mol. The molecular formula is C17H23BrN4O. The largest absolute Gasteiger partial charge is 0.335 e. The molecule has 23 heavy (non-hydrogen) atoms. The van der Waals surface area contributed by atoms with Crippen LogP contribution in [0.25, 0.3) is 5.65 Å². The van der Waals surface area contributed by atoms with Gasteiger partial charge < -0.3 is 9.80 Å². The van der Waals surface area contributed by atoms with Crippen LogP contribution in [0.15, 0.2) is 16.7 Å². The summed E-state index contributed by atoms with van der Waals surface area (Å²) in [5.74, 6) is 0.103. The van der Waals surface area contributed by atoms with E-state index in [2.05, 4.69) is 34.8 Å². The molecule has 124 valence electrons. The molecule has 0 unspecified atom stereocenters.